The van der Waals surface area contributed by atoms with E-state index in [2.05, 4.69) is 10.0 Å². The van der Waals surface area contributed by atoms with E-state index in [0.29, 0.717) is 24.2 Å². The Morgan fingerprint density at radius 3 is 2.36 bits per heavy atom. The van der Waals surface area contributed by atoms with Crippen molar-refractivity contribution in [3.63, 3.8) is 0 Å². The molecule has 0 spiro atoms. The van der Waals surface area contributed by atoms with Crippen molar-refractivity contribution >= 4 is 21.6 Å². The molecule has 1 atom stereocenters. The van der Waals surface area contributed by atoms with Crippen LogP contribution in [0.1, 0.15) is 29.3 Å². The second-order valence-electron chi connectivity index (χ2n) is 5.97. The van der Waals surface area contributed by atoms with Crippen LogP contribution in [0.4, 0.5) is 5.69 Å². The highest BCUT2D eigenvalue weighted by Gasteiger charge is 2.16. The van der Waals surface area contributed by atoms with Gasteiger partial charge in [0, 0.05) is 18.2 Å². The van der Waals surface area contributed by atoms with Gasteiger partial charge < -0.3 is 11.1 Å². The van der Waals surface area contributed by atoms with Gasteiger partial charge in [0.2, 0.25) is 0 Å². The molecule has 0 aromatic heterocycles. The number of benzene rings is 2. The number of nitrogens with two attached hydrogens (primary N) is 1. The van der Waals surface area contributed by atoms with Crippen LogP contribution in [0.5, 0.6) is 0 Å². The fraction of sp³-hybridized carbons (Fsp3) is 0.278. The number of hydrogen-bond donors (Lipinski definition) is 3. The molecule has 1 amide bonds. The van der Waals surface area contributed by atoms with Crippen LogP contribution in [-0.4, -0.2) is 26.9 Å². The predicted octanol–water partition coefficient (Wildman–Crippen LogP) is 2.26. The third-order valence-corrected chi connectivity index (χ3v) is 5.08. The quantitative estimate of drug-likeness (QED) is 0.704. The van der Waals surface area contributed by atoms with Crippen LogP contribution in [0.3, 0.4) is 0 Å². The lowest BCUT2D eigenvalue weighted by atomic mass is 10.2. The first-order chi connectivity index (χ1) is 11.8. The van der Waals surface area contributed by atoms with E-state index in [0.717, 1.165) is 5.56 Å². The number of aryl methyl sites for hydroxylation is 1. The zero-order valence-corrected chi connectivity index (χ0v) is 15.1. The van der Waals surface area contributed by atoms with E-state index in [1.165, 1.54) is 24.3 Å². The van der Waals surface area contributed by atoms with E-state index >= 15 is 0 Å². The Kier molecular flexibility index (Phi) is 6.17. The second kappa shape index (κ2) is 8.13. The maximum Gasteiger partial charge on any atom is 0.261 e. The fourth-order valence-electron chi connectivity index (χ4n) is 2.19. The molecule has 0 aliphatic heterocycles. The molecule has 25 heavy (non-hydrogen) atoms. The van der Waals surface area contributed by atoms with Crippen LogP contribution in [0, 0.1) is 6.92 Å². The summed E-state index contributed by atoms with van der Waals surface area (Å²) in [7, 11) is -3.70. The van der Waals surface area contributed by atoms with Crippen molar-refractivity contribution in [3.8, 4) is 0 Å². The Morgan fingerprint density at radius 2 is 1.76 bits per heavy atom. The van der Waals surface area contributed by atoms with Gasteiger partial charge in [-0.05, 0) is 56.2 Å². The van der Waals surface area contributed by atoms with Gasteiger partial charge in [0.05, 0.1) is 10.6 Å². The summed E-state index contributed by atoms with van der Waals surface area (Å²) in [6, 6.07) is 13.0. The average molecular weight is 361 g/mol. The van der Waals surface area contributed by atoms with Gasteiger partial charge in [0.15, 0.2) is 0 Å². The number of carbonyl (C=O) groups is 1. The van der Waals surface area contributed by atoms with E-state index in [1.54, 1.807) is 12.1 Å². The Labute approximate surface area is 148 Å². The number of carbonyl (C=O) groups excluding carboxylic acids is 1. The average Bonchev–Trinajstić information content (AvgIpc) is 2.56. The fourth-order valence-corrected chi connectivity index (χ4v) is 3.32. The summed E-state index contributed by atoms with van der Waals surface area (Å²) in [6.45, 7) is 4.17. The van der Waals surface area contributed by atoms with Gasteiger partial charge in [-0.15, -0.1) is 0 Å². The normalized spacial score (nSPS) is 12.4. The third-order valence-electron chi connectivity index (χ3n) is 3.70. The van der Waals surface area contributed by atoms with Gasteiger partial charge >= 0.3 is 0 Å². The molecule has 2 rings (SSSR count). The summed E-state index contributed by atoms with van der Waals surface area (Å²) < 4.78 is 27.5. The molecule has 134 valence electrons. The molecule has 6 nitrogen and oxygen atoms in total. The highest BCUT2D eigenvalue weighted by molar-refractivity contribution is 7.92. The first kappa shape index (κ1) is 19.0. The van der Waals surface area contributed by atoms with Gasteiger partial charge in [-0.25, -0.2) is 8.42 Å². The molecule has 0 fully saturated rings. The number of nitrogens with one attached hydrogen (secondary N) is 2. The summed E-state index contributed by atoms with van der Waals surface area (Å²) in [5, 5.41) is 2.75. The lowest BCUT2D eigenvalue weighted by Crippen LogP contribution is -2.28. The van der Waals surface area contributed by atoms with Gasteiger partial charge in [0.25, 0.3) is 15.9 Å². The topological polar surface area (TPSA) is 101 Å². The van der Waals surface area contributed by atoms with Crippen LogP contribution < -0.4 is 15.8 Å². The molecular formula is C18H23N3O3S. The first-order valence-corrected chi connectivity index (χ1v) is 9.50. The molecule has 0 saturated heterocycles. The van der Waals surface area contributed by atoms with Gasteiger partial charge in [-0.1, -0.05) is 18.2 Å². The molecule has 7 heteroatoms. The molecule has 0 saturated carbocycles. The number of rotatable bonds is 7. The molecular weight excluding hydrogens is 338 g/mol. The van der Waals surface area contributed by atoms with E-state index in [1.807, 2.05) is 26.0 Å². The van der Waals surface area contributed by atoms with Crippen molar-refractivity contribution in [1.82, 2.24) is 5.32 Å². The van der Waals surface area contributed by atoms with E-state index in [9.17, 15) is 13.2 Å². The molecule has 0 aliphatic rings. The van der Waals surface area contributed by atoms with Crippen LogP contribution in [-0.2, 0) is 10.0 Å². The first-order valence-electron chi connectivity index (χ1n) is 8.02. The summed E-state index contributed by atoms with van der Waals surface area (Å²) in [6.07, 6.45) is 0.679. The Hall–Kier alpha value is -2.38. The van der Waals surface area contributed by atoms with E-state index < -0.39 is 10.0 Å². The largest absolute Gasteiger partial charge is 0.352 e. The Balaban J connectivity index is 2.08. The molecule has 0 heterocycles. The van der Waals surface area contributed by atoms with Crippen LogP contribution in [0.2, 0.25) is 0 Å². The van der Waals surface area contributed by atoms with Crippen molar-refractivity contribution in [2.24, 2.45) is 5.73 Å². The monoisotopic (exact) mass is 361 g/mol. The van der Waals surface area contributed by atoms with E-state index in [-0.39, 0.29) is 16.8 Å². The number of para-hydroxylation sites is 1. The molecule has 0 bridgehead atoms. The minimum atomic E-state index is -3.70. The highest BCUT2D eigenvalue weighted by Crippen LogP contribution is 2.19. The minimum absolute atomic E-state index is 0.0142. The smallest absolute Gasteiger partial charge is 0.261 e. The second-order valence-corrected chi connectivity index (χ2v) is 7.65. The number of anilines is 1. The van der Waals surface area contributed by atoms with Crippen molar-refractivity contribution in [2.45, 2.75) is 31.2 Å². The molecule has 2 aromatic rings. The van der Waals surface area contributed by atoms with Crippen molar-refractivity contribution < 1.29 is 13.2 Å². The molecule has 0 aliphatic carbocycles. The van der Waals surface area contributed by atoms with Gasteiger partial charge in [-0.3, -0.25) is 9.52 Å². The Morgan fingerprint density at radius 1 is 1.12 bits per heavy atom. The lowest BCUT2D eigenvalue weighted by Gasteiger charge is -2.11. The zero-order valence-electron chi connectivity index (χ0n) is 14.3. The number of hydrogen-bond acceptors (Lipinski definition) is 4. The highest BCUT2D eigenvalue weighted by atomic mass is 32.2. The SMILES string of the molecule is Cc1ccccc1NS(=O)(=O)c1ccc(C(=O)NCCC(C)N)cc1. The summed E-state index contributed by atoms with van der Waals surface area (Å²) in [5.74, 6) is -0.253. The summed E-state index contributed by atoms with van der Waals surface area (Å²) >= 11 is 0. The molecule has 1 unspecified atom stereocenters. The van der Waals surface area contributed by atoms with Crippen molar-refractivity contribution in [3.05, 3.63) is 59.7 Å². The summed E-state index contributed by atoms with van der Waals surface area (Å²) in [4.78, 5) is 12.1. The van der Waals surface area contributed by atoms with E-state index in [4.69, 9.17) is 5.73 Å². The molecule has 2 aromatic carbocycles. The summed E-state index contributed by atoms with van der Waals surface area (Å²) in [5.41, 5.74) is 7.39. The maximum atomic E-state index is 12.5. The minimum Gasteiger partial charge on any atom is -0.352 e. The molecule has 4 N–H and O–H groups in total. The zero-order chi connectivity index (χ0) is 18.4. The lowest BCUT2D eigenvalue weighted by molar-refractivity contribution is 0.0952. The number of amides is 1. The Bertz CT molecular complexity index is 831. The third kappa shape index (κ3) is 5.30. The number of sulfonamides is 1. The van der Waals surface area contributed by atoms with Crippen LogP contribution in [0.25, 0.3) is 0 Å². The van der Waals surface area contributed by atoms with Gasteiger partial charge in [-0.2, -0.15) is 0 Å². The van der Waals surface area contributed by atoms with Gasteiger partial charge in [0.1, 0.15) is 0 Å². The van der Waals surface area contributed by atoms with Crippen LogP contribution >= 0.6 is 0 Å². The standard InChI is InChI=1S/C18H23N3O3S/c1-13-5-3-4-6-17(13)21-25(23,24)16-9-7-15(8-10-16)18(22)20-12-11-14(2)19/h3-10,14,21H,11-12,19H2,1-2H3,(H,20,22). The predicted molar refractivity (Wildman–Crippen MR) is 99.0 cm³/mol. The molecule has 0 radical (unpaired) electrons. The van der Waals surface area contributed by atoms with Crippen LogP contribution in [0.15, 0.2) is 53.4 Å². The van der Waals surface area contributed by atoms with Crippen molar-refractivity contribution in [2.75, 3.05) is 11.3 Å². The maximum absolute atomic E-state index is 12.5. The van der Waals surface area contributed by atoms with Crippen molar-refractivity contribution in [1.29, 1.82) is 0 Å².